The maximum Gasteiger partial charge on any atom is 0.303 e. The van der Waals surface area contributed by atoms with Crippen molar-refractivity contribution < 1.29 is 14.7 Å². The summed E-state index contributed by atoms with van der Waals surface area (Å²) in [5.41, 5.74) is 0. The number of amides is 1. The van der Waals surface area contributed by atoms with Crippen molar-refractivity contribution in [2.45, 2.75) is 12.8 Å². The fourth-order valence-corrected chi connectivity index (χ4v) is 0.794. The number of aliphatic carboxylic acids is 1. The van der Waals surface area contributed by atoms with Crippen molar-refractivity contribution >= 4 is 24.1 Å². The van der Waals surface area contributed by atoms with Crippen molar-refractivity contribution in [3.8, 4) is 0 Å². The first-order valence-corrected chi connectivity index (χ1v) is 3.75. The molecule has 0 unspecified atom stereocenters. The van der Waals surface area contributed by atoms with Crippen LogP contribution in [0.5, 0.6) is 0 Å². The van der Waals surface area contributed by atoms with Gasteiger partial charge in [-0.3, -0.25) is 14.6 Å². The molecule has 0 aromatic rings. The number of hydrogen-bond donors (Lipinski definition) is 2. The van der Waals surface area contributed by atoms with Crippen molar-refractivity contribution in [1.82, 2.24) is 5.32 Å². The van der Waals surface area contributed by atoms with Crippen LogP contribution in [-0.2, 0) is 9.59 Å². The van der Waals surface area contributed by atoms with Crippen LogP contribution in [0.25, 0.3) is 0 Å². The molecule has 0 aromatic carbocycles. The molecule has 0 saturated carbocycles. The van der Waals surface area contributed by atoms with Crippen LogP contribution in [0.4, 0.5) is 0 Å². The van der Waals surface area contributed by atoms with E-state index in [0.717, 1.165) is 0 Å². The van der Waals surface area contributed by atoms with Gasteiger partial charge in [0.05, 0.1) is 13.0 Å². The molecule has 0 saturated heterocycles. The van der Waals surface area contributed by atoms with Gasteiger partial charge in [-0.1, -0.05) is 0 Å². The summed E-state index contributed by atoms with van der Waals surface area (Å²) in [6.07, 6.45) is 1.15. The van der Waals surface area contributed by atoms with Crippen LogP contribution in [0.3, 0.4) is 0 Å². The van der Waals surface area contributed by atoms with E-state index in [1.165, 1.54) is 6.34 Å². The number of nitrogens with one attached hydrogen (secondary N) is 1. The number of carbonyl (C=O) groups is 2. The van der Waals surface area contributed by atoms with Gasteiger partial charge in [0, 0.05) is 6.42 Å². The van der Waals surface area contributed by atoms with Crippen LogP contribution in [0.2, 0.25) is 0 Å². The monoisotopic (exact) mass is 183 g/mol. The molecule has 2 N–H and O–H groups in total. The molecular formula is C7H9N3O3. The van der Waals surface area contributed by atoms with E-state index in [0.29, 0.717) is 12.4 Å². The fourth-order valence-electron chi connectivity index (χ4n) is 0.794. The second kappa shape index (κ2) is 4.34. The zero-order valence-corrected chi connectivity index (χ0v) is 6.86. The lowest BCUT2D eigenvalue weighted by Crippen LogP contribution is -2.31. The summed E-state index contributed by atoms with van der Waals surface area (Å²) >= 11 is 0. The molecule has 0 spiro atoms. The number of carboxylic acid groups (broad SMARTS) is 1. The molecular weight excluding hydrogens is 174 g/mol. The molecule has 0 aliphatic carbocycles. The van der Waals surface area contributed by atoms with Crippen molar-refractivity contribution in [1.29, 1.82) is 0 Å². The molecule has 0 radical (unpaired) electrons. The molecule has 0 fully saturated rings. The van der Waals surface area contributed by atoms with Crippen molar-refractivity contribution in [2.75, 3.05) is 6.54 Å². The van der Waals surface area contributed by atoms with Crippen molar-refractivity contribution in [3.63, 3.8) is 0 Å². The van der Waals surface area contributed by atoms with Crippen LogP contribution >= 0.6 is 0 Å². The normalized spacial score (nSPS) is 14.0. The number of aliphatic imine (C=N–C) groups is 2. The van der Waals surface area contributed by atoms with Gasteiger partial charge < -0.3 is 10.4 Å². The van der Waals surface area contributed by atoms with E-state index in [9.17, 15) is 9.59 Å². The van der Waals surface area contributed by atoms with Gasteiger partial charge in [0.15, 0.2) is 0 Å². The highest BCUT2D eigenvalue weighted by Gasteiger charge is 2.09. The van der Waals surface area contributed by atoms with Gasteiger partial charge in [-0.15, -0.1) is 0 Å². The third kappa shape index (κ3) is 3.46. The Balaban J connectivity index is 2.22. The van der Waals surface area contributed by atoms with Gasteiger partial charge in [0.2, 0.25) is 5.91 Å². The summed E-state index contributed by atoms with van der Waals surface area (Å²) in [4.78, 5) is 28.6. The van der Waals surface area contributed by atoms with Crippen LogP contribution in [0.15, 0.2) is 9.98 Å². The van der Waals surface area contributed by atoms with Gasteiger partial charge >= 0.3 is 5.97 Å². The van der Waals surface area contributed by atoms with E-state index < -0.39 is 5.97 Å². The smallest absolute Gasteiger partial charge is 0.303 e. The van der Waals surface area contributed by atoms with Crippen LogP contribution in [0.1, 0.15) is 12.8 Å². The van der Waals surface area contributed by atoms with Crippen LogP contribution in [-0.4, -0.2) is 35.7 Å². The third-order valence-corrected chi connectivity index (χ3v) is 1.39. The van der Waals surface area contributed by atoms with Crippen molar-refractivity contribution in [3.05, 3.63) is 0 Å². The minimum absolute atomic E-state index is 0.0334. The van der Waals surface area contributed by atoms with Crippen LogP contribution in [0, 0.1) is 0 Å². The second-order valence-electron chi connectivity index (χ2n) is 2.47. The van der Waals surface area contributed by atoms with E-state index in [1.54, 1.807) is 0 Å². The Bertz CT molecular complexity index is 283. The van der Waals surface area contributed by atoms with Gasteiger partial charge in [-0.25, -0.2) is 4.99 Å². The Morgan fingerprint density at radius 2 is 2.31 bits per heavy atom. The molecule has 1 heterocycles. The Labute approximate surface area is 74.4 Å². The highest BCUT2D eigenvalue weighted by Crippen LogP contribution is 1.90. The lowest BCUT2D eigenvalue weighted by atomic mass is 10.3. The van der Waals surface area contributed by atoms with E-state index in [-0.39, 0.29) is 18.7 Å². The third-order valence-electron chi connectivity index (χ3n) is 1.39. The quantitative estimate of drug-likeness (QED) is 0.612. The number of hydrogen-bond acceptors (Lipinski definition) is 4. The maximum atomic E-state index is 11.0. The molecule has 6 heteroatoms. The topological polar surface area (TPSA) is 91.1 Å². The van der Waals surface area contributed by atoms with E-state index in [1.807, 2.05) is 0 Å². The average molecular weight is 183 g/mol. The molecule has 0 bridgehead atoms. The SMILES string of the molecule is O=C(O)CCC(=O)NC1=NC=NC1. The lowest BCUT2D eigenvalue weighted by Gasteiger charge is -2.01. The molecule has 0 atom stereocenters. The standard InChI is InChI=1S/C7H9N3O3/c11-6(1-2-7(12)13)10-5-3-8-4-9-5/h4H,1-3H2,(H,12,13)(H,8,9,10,11). The van der Waals surface area contributed by atoms with E-state index >= 15 is 0 Å². The van der Waals surface area contributed by atoms with Gasteiger partial charge in [0.1, 0.15) is 12.2 Å². The number of carboxylic acids is 1. The van der Waals surface area contributed by atoms with E-state index in [2.05, 4.69) is 15.3 Å². The first-order valence-electron chi connectivity index (χ1n) is 3.75. The molecule has 1 aliphatic rings. The zero-order chi connectivity index (χ0) is 9.68. The van der Waals surface area contributed by atoms with Crippen LogP contribution < -0.4 is 5.32 Å². The predicted molar refractivity (Wildman–Crippen MR) is 45.8 cm³/mol. The molecule has 70 valence electrons. The van der Waals surface area contributed by atoms with Gasteiger partial charge in [0.25, 0.3) is 0 Å². The zero-order valence-electron chi connectivity index (χ0n) is 6.86. The summed E-state index contributed by atoms with van der Waals surface area (Å²) in [6.45, 7) is 0.360. The highest BCUT2D eigenvalue weighted by atomic mass is 16.4. The Hall–Kier alpha value is -1.72. The molecule has 1 amide bonds. The summed E-state index contributed by atoms with van der Waals surface area (Å²) < 4.78 is 0. The Kier molecular flexibility index (Phi) is 3.13. The average Bonchev–Trinajstić information content (AvgIpc) is 2.53. The minimum Gasteiger partial charge on any atom is -0.481 e. The molecule has 0 aromatic heterocycles. The highest BCUT2D eigenvalue weighted by molar-refractivity contribution is 6.04. The lowest BCUT2D eigenvalue weighted by molar-refractivity contribution is -0.138. The van der Waals surface area contributed by atoms with Gasteiger partial charge in [-0.05, 0) is 0 Å². The first-order chi connectivity index (χ1) is 6.18. The Morgan fingerprint density at radius 3 is 2.85 bits per heavy atom. The number of carbonyl (C=O) groups excluding carboxylic acids is 1. The first kappa shape index (κ1) is 9.37. The second-order valence-corrected chi connectivity index (χ2v) is 2.47. The minimum atomic E-state index is -0.986. The summed E-state index contributed by atoms with van der Waals surface area (Å²) in [6, 6.07) is 0. The largest absolute Gasteiger partial charge is 0.481 e. The molecule has 1 rings (SSSR count). The summed E-state index contributed by atoms with van der Waals surface area (Å²) in [5, 5.41) is 10.7. The fraction of sp³-hybridized carbons (Fsp3) is 0.429. The number of nitrogens with zero attached hydrogens (tertiary/aromatic N) is 2. The summed E-state index contributed by atoms with van der Waals surface area (Å²) in [7, 11) is 0. The number of amidine groups is 1. The molecule has 13 heavy (non-hydrogen) atoms. The van der Waals surface area contributed by atoms with E-state index in [4.69, 9.17) is 5.11 Å². The van der Waals surface area contributed by atoms with Crippen molar-refractivity contribution in [2.24, 2.45) is 9.98 Å². The van der Waals surface area contributed by atoms with Gasteiger partial charge in [-0.2, -0.15) is 0 Å². The Morgan fingerprint density at radius 1 is 1.54 bits per heavy atom. The predicted octanol–water partition coefficient (Wildman–Crippen LogP) is -0.592. The summed E-state index contributed by atoms with van der Waals surface area (Å²) in [5.74, 6) is -0.859. The maximum absolute atomic E-state index is 11.0. The molecule has 6 nitrogen and oxygen atoms in total. The molecule has 1 aliphatic heterocycles. The number of rotatable bonds is 3.